The molecule has 2 heterocycles. The number of aromatic nitrogens is 2. The van der Waals surface area contributed by atoms with E-state index in [9.17, 15) is 9.90 Å². The van der Waals surface area contributed by atoms with Crippen LogP contribution in [0.25, 0.3) is 0 Å². The third-order valence-electron chi connectivity index (χ3n) is 7.18. The zero-order chi connectivity index (χ0) is 27.4. The highest BCUT2D eigenvalue weighted by atomic mass is 16.5. The zero-order valence-corrected chi connectivity index (χ0v) is 22.1. The van der Waals surface area contributed by atoms with Crippen molar-refractivity contribution >= 4 is 17.5 Å². The lowest BCUT2D eigenvalue weighted by molar-refractivity contribution is 0.0384. The van der Waals surface area contributed by atoms with Gasteiger partial charge in [0.25, 0.3) is 5.56 Å². The molecule has 0 fully saturated rings. The van der Waals surface area contributed by atoms with E-state index in [0.29, 0.717) is 24.6 Å². The SMILES string of the molecule is COc1ccc(CC(c2ccccc2)(c2ccccc2)n2c(N)nc3c(c2=O)NCN3C(C)OCCO)cc1. The molecule has 3 aromatic carbocycles. The fraction of sp³-hybridized carbons (Fsp3) is 0.267. The summed E-state index contributed by atoms with van der Waals surface area (Å²) >= 11 is 0. The predicted molar refractivity (Wildman–Crippen MR) is 152 cm³/mol. The van der Waals surface area contributed by atoms with Gasteiger partial charge in [-0.15, -0.1) is 0 Å². The van der Waals surface area contributed by atoms with Gasteiger partial charge in [-0.25, -0.2) is 0 Å². The number of nitrogens with zero attached hydrogens (tertiary/aromatic N) is 3. The van der Waals surface area contributed by atoms with Crippen molar-refractivity contribution in [2.75, 3.05) is 42.9 Å². The summed E-state index contributed by atoms with van der Waals surface area (Å²) in [7, 11) is 1.63. The topological polar surface area (TPSA) is 115 Å². The maximum Gasteiger partial charge on any atom is 0.281 e. The lowest BCUT2D eigenvalue weighted by atomic mass is 9.77. The highest BCUT2D eigenvalue weighted by Gasteiger charge is 2.41. The number of hydrogen-bond acceptors (Lipinski definition) is 8. The quantitative estimate of drug-likeness (QED) is 0.288. The molecule has 0 saturated carbocycles. The van der Waals surface area contributed by atoms with Crippen molar-refractivity contribution in [1.82, 2.24) is 9.55 Å². The minimum absolute atomic E-state index is 0.0861. The van der Waals surface area contributed by atoms with Crippen LogP contribution in [0.5, 0.6) is 5.75 Å². The molecule has 0 aliphatic carbocycles. The lowest BCUT2D eigenvalue weighted by Crippen LogP contribution is -2.47. The molecule has 1 aromatic heterocycles. The number of nitrogen functional groups attached to an aromatic ring is 1. The molecular weight excluding hydrogens is 494 g/mol. The minimum Gasteiger partial charge on any atom is -0.497 e. The van der Waals surface area contributed by atoms with Crippen LogP contribution < -0.4 is 26.2 Å². The average Bonchev–Trinajstić information content (AvgIpc) is 3.40. The van der Waals surface area contributed by atoms with Gasteiger partial charge in [0.15, 0.2) is 5.82 Å². The predicted octanol–water partition coefficient (Wildman–Crippen LogP) is 3.41. The van der Waals surface area contributed by atoms with Crippen molar-refractivity contribution in [3.8, 4) is 5.75 Å². The van der Waals surface area contributed by atoms with Crippen LogP contribution in [0.1, 0.15) is 23.6 Å². The van der Waals surface area contributed by atoms with Gasteiger partial charge in [-0.3, -0.25) is 9.36 Å². The van der Waals surface area contributed by atoms with E-state index >= 15 is 0 Å². The molecule has 0 radical (unpaired) electrons. The molecular formula is C30H33N5O4. The molecule has 4 aromatic rings. The number of aliphatic hydroxyl groups is 1. The molecule has 0 amide bonds. The second-order valence-electron chi connectivity index (χ2n) is 9.42. The normalized spacial score (nSPS) is 13.6. The van der Waals surface area contributed by atoms with E-state index in [0.717, 1.165) is 22.4 Å². The van der Waals surface area contributed by atoms with Gasteiger partial charge >= 0.3 is 0 Å². The zero-order valence-electron chi connectivity index (χ0n) is 22.1. The first kappa shape index (κ1) is 26.3. The molecule has 4 N–H and O–H groups in total. The van der Waals surface area contributed by atoms with Crippen LogP contribution in [0.4, 0.5) is 17.5 Å². The molecule has 0 spiro atoms. The molecule has 1 atom stereocenters. The monoisotopic (exact) mass is 527 g/mol. The fourth-order valence-electron chi connectivity index (χ4n) is 5.28. The third kappa shape index (κ3) is 4.82. The van der Waals surface area contributed by atoms with Gasteiger partial charge in [-0.05, 0) is 35.7 Å². The maximum absolute atomic E-state index is 14.4. The van der Waals surface area contributed by atoms with Crippen LogP contribution in [0.2, 0.25) is 0 Å². The number of methoxy groups -OCH3 is 1. The minimum atomic E-state index is -1.01. The molecule has 5 rings (SSSR count). The van der Waals surface area contributed by atoms with Crippen molar-refractivity contribution < 1.29 is 14.6 Å². The summed E-state index contributed by atoms with van der Waals surface area (Å²) in [4.78, 5) is 21.0. The molecule has 1 unspecified atom stereocenters. The first-order valence-corrected chi connectivity index (χ1v) is 12.9. The molecule has 1 aliphatic rings. The summed E-state index contributed by atoms with van der Waals surface area (Å²) in [5.74, 6) is 1.27. The average molecular weight is 528 g/mol. The fourth-order valence-corrected chi connectivity index (χ4v) is 5.28. The molecule has 9 nitrogen and oxygen atoms in total. The second kappa shape index (κ2) is 11.2. The van der Waals surface area contributed by atoms with E-state index < -0.39 is 11.8 Å². The Morgan fingerprint density at radius 1 is 1.03 bits per heavy atom. The summed E-state index contributed by atoms with van der Waals surface area (Å²) in [6.45, 7) is 2.25. The summed E-state index contributed by atoms with van der Waals surface area (Å²) in [6.07, 6.45) is 0.0235. The Morgan fingerprint density at radius 2 is 1.64 bits per heavy atom. The standard InChI is InChI=1S/C30H33N5O4/c1-21(39-18-17-36)34-20-32-26-27(34)33-29(31)35(28(26)37)30(23-9-5-3-6-10-23,24-11-7-4-8-12-24)19-22-13-15-25(38-2)16-14-22/h3-16,21,32,36H,17-20H2,1-2H3,(H2,31,33). The van der Waals surface area contributed by atoms with E-state index in [1.807, 2.05) is 96.8 Å². The largest absolute Gasteiger partial charge is 0.497 e. The van der Waals surface area contributed by atoms with Crippen LogP contribution in [0.15, 0.2) is 89.7 Å². The molecule has 39 heavy (non-hydrogen) atoms. The third-order valence-corrected chi connectivity index (χ3v) is 7.18. The van der Waals surface area contributed by atoms with E-state index in [1.165, 1.54) is 0 Å². The van der Waals surface area contributed by atoms with Crippen molar-refractivity contribution in [2.24, 2.45) is 0 Å². The van der Waals surface area contributed by atoms with E-state index in [2.05, 4.69) is 5.32 Å². The van der Waals surface area contributed by atoms with Gasteiger partial charge in [-0.1, -0.05) is 72.8 Å². The lowest BCUT2D eigenvalue weighted by Gasteiger charge is -2.38. The Hall–Kier alpha value is -4.34. The van der Waals surface area contributed by atoms with Crippen molar-refractivity contribution in [2.45, 2.75) is 25.1 Å². The maximum atomic E-state index is 14.4. The summed E-state index contributed by atoms with van der Waals surface area (Å²) in [5, 5.41) is 12.4. The van der Waals surface area contributed by atoms with Gasteiger partial charge in [0.1, 0.15) is 23.2 Å². The van der Waals surface area contributed by atoms with Crippen LogP contribution in [0.3, 0.4) is 0 Å². The highest BCUT2D eigenvalue weighted by molar-refractivity contribution is 5.71. The van der Waals surface area contributed by atoms with Crippen LogP contribution in [0, 0.1) is 0 Å². The number of benzene rings is 3. The Morgan fingerprint density at radius 3 is 2.21 bits per heavy atom. The van der Waals surface area contributed by atoms with Crippen LogP contribution in [-0.2, 0) is 16.7 Å². The van der Waals surface area contributed by atoms with Gasteiger partial charge in [0, 0.05) is 6.42 Å². The summed E-state index contributed by atoms with van der Waals surface area (Å²) in [5.41, 5.74) is 8.58. The molecule has 9 heteroatoms. The van der Waals surface area contributed by atoms with E-state index in [1.54, 1.807) is 11.7 Å². The number of aliphatic hydroxyl groups excluding tert-OH is 1. The first-order valence-electron chi connectivity index (χ1n) is 12.9. The Kier molecular flexibility index (Phi) is 7.53. The molecule has 0 saturated heterocycles. The van der Waals surface area contributed by atoms with Crippen molar-refractivity contribution in [3.05, 3.63) is 112 Å². The van der Waals surface area contributed by atoms with E-state index in [4.69, 9.17) is 20.2 Å². The second-order valence-corrected chi connectivity index (χ2v) is 9.42. The summed E-state index contributed by atoms with van der Waals surface area (Å²) in [6, 6.07) is 27.6. The van der Waals surface area contributed by atoms with Gasteiger partial charge in [-0.2, -0.15) is 4.98 Å². The Bertz CT molecular complexity index is 1420. The van der Waals surface area contributed by atoms with E-state index in [-0.39, 0.29) is 24.7 Å². The number of rotatable bonds is 10. The molecule has 0 bridgehead atoms. The molecule has 202 valence electrons. The van der Waals surface area contributed by atoms with Crippen LogP contribution >= 0.6 is 0 Å². The smallest absolute Gasteiger partial charge is 0.281 e. The number of hydrogen-bond donors (Lipinski definition) is 3. The van der Waals surface area contributed by atoms with Gasteiger partial charge < -0.3 is 30.5 Å². The molecule has 1 aliphatic heterocycles. The Labute approximate surface area is 227 Å². The first-order chi connectivity index (χ1) is 19.0. The number of ether oxygens (including phenoxy) is 2. The number of anilines is 3. The van der Waals surface area contributed by atoms with Crippen LogP contribution in [-0.4, -0.2) is 47.9 Å². The van der Waals surface area contributed by atoms with Gasteiger partial charge in [0.05, 0.1) is 27.0 Å². The number of fused-ring (bicyclic) bond motifs is 1. The van der Waals surface area contributed by atoms with Gasteiger partial charge in [0.2, 0.25) is 5.95 Å². The van der Waals surface area contributed by atoms with Crippen molar-refractivity contribution in [3.63, 3.8) is 0 Å². The number of nitrogens with one attached hydrogen (secondary N) is 1. The Balaban J connectivity index is 1.75. The van der Waals surface area contributed by atoms with Crippen molar-refractivity contribution in [1.29, 1.82) is 0 Å². The summed E-state index contributed by atoms with van der Waals surface area (Å²) < 4.78 is 12.7. The highest BCUT2D eigenvalue weighted by Crippen LogP contribution is 2.40. The number of nitrogens with two attached hydrogens (primary N) is 1.